The van der Waals surface area contributed by atoms with Crippen molar-refractivity contribution in [1.29, 1.82) is 0 Å². The van der Waals surface area contributed by atoms with Gasteiger partial charge in [-0.3, -0.25) is 5.10 Å². The highest BCUT2D eigenvalue weighted by Gasteiger charge is 2.23. The van der Waals surface area contributed by atoms with E-state index in [9.17, 15) is 0 Å². The summed E-state index contributed by atoms with van der Waals surface area (Å²) < 4.78 is 5.70. The van der Waals surface area contributed by atoms with Crippen molar-refractivity contribution < 1.29 is 4.74 Å². The number of hydrogen-bond donors (Lipinski definition) is 3. The number of methoxy groups -OCH3 is 1. The molecule has 9 nitrogen and oxygen atoms in total. The van der Waals surface area contributed by atoms with Gasteiger partial charge in [0, 0.05) is 49.1 Å². The fraction of sp³-hybridized carbons (Fsp3) is 0.364. The van der Waals surface area contributed by atoms with E-state index < -0.39 is 0 Å². The van der Waals surface area contributed by atoms with Crippen molar-refractivity contribution in [3.05, 3.63) is 48.1 Å². The van der Waals surface area contributed by atoms with E-state index in [1.807, 2.05) is 6.07 Å². The minimum absolute atomic E-state index is 0.252. The van der Waals surface area contributed by atoms with Crippen LogP contribution in [0.4, 0.5) is 23.1 Å². The van der Waals surface area contributed by atoms with Crippen molar-refractivity contribution in [2.45, 2.75) is 19.9 Å². The second-order valence-electron chi connectivity index (χ2n) is 7.80. The molecule has 160 valence electrons. The highest BCUT2D eigenvalue weighted by atomic mass is 16.5. The molecule has 0 amide bonds. The van der Waals surface area contributed by atoms with Gasteiger partial charge in [0.15, 0.2) is 17.8 Å². The zero-order valence-electron chi connectivity index (χ0n) is 17.9. The molecule has 0 unspecified atom stereocenters. The summed E-state index contributed by atoms with van der Waals surface area (Å²) in [6.07, 6.45) is 2.93. The molecule has 1 aliphatic rings. The smallest absolute Gasteiger partial charge is 0.288 e. The Morgan fingerprint density at radius 1 is 1.23 bits per heavy atom. The SMILES string of the molecule is [C-]#[N+]c1cnc(Nc2cc(-c3ccc(N4CCN[C@H](C(C)C)C4)cc3OC)[nH]n2)cn1. The zero-order chi connectivity index (χ0) is 21.8. The summed E-state index contributed by atoms with van der Waals surface area (Å²) in [5, 5.41) is 14.0. The molecule has 2 aromatic heterocycles. The third-order valence-electron chi connectivity index (χ3n) is 5.44. The summed E-state index contributed by atoms with van der Waals surface area (Å²) in [7, 11) is 1.68. The first kappa shape index (κ1) is 20.6. The minimum Gasteiger partial charge on any atom is -0.496 e. The fourth-order valence-electron chi connectivity index (χ4n) is 3.66. The number of benzene rings is 1. The average Bonchev–Trinajstić information content (AvgIpc) is 3.27. The molecule has 31 heavy (non-hydrogen) atoms. The van der Waals surface area contributed by atoms with Gasteiger partial charge in [0.05, 0.1) is 19.0 Å². The van der Waals surface area contributed by atoms with Crippen LogP contribution in [0.15, 0.2) is 36.7 Å². The highest BCUT2D eigenvalue weighted by molar-refractivity contribution is 5.73. The Labute approximate surface area is 181 Å². The molecule has 4 rings (SSSR count). The van der Waals surface area contributed by atoms with E-state index in [1.165, 1.54) is 12.4 Å². The maximum Gasteiger partial charge on any atom is 0.288 e. The maximum atomic E-state index is 6.95. The maximum absolute atomic E-state index is 6.95. The van der Waals surface area contributed by atoms with Gasteiger partial charge < -0.3 is 25.1 Å². The lowest BCUT2D eigenvalue weighted by Crippen LogP contribution is -2.52. The number of hydrogen-bond acceptors (Lipinski definition) is 7. The quantitative estimate of drug-likeness (QED) is 0.527. The third-order valence-corrected chi connectivity index (χ3v) is 5.44. The van der Waals surface area contributed by atoms with Crippen LogP contribution < -0.4 is 20.3 Å². The van der Waals surface area contributed by atoms with Gasteiger partial charge in [-0.25, -0.2) is 4.98 Å². The molecule has 1 aromatic carbocycles. The lowest BCUT2D eigenvalue weighted by molar-refractivity contribution is 0.368. The molecule has 0 aliphatic carbocycles. The van der Waals surface area contributed by atoms with Crippen LogP contribution in [0.2, 0.25) is 0 Å². The fourth-order valence-corrected chi connectivity index (χ4v) is 3.66. The molecule has 0 saturated carbocycles. The van der Waals surface area contributed by atoms with Crippen LogP contribution in [-0.2, 0) is 0 Å². The second kappa shape index (κ2) is 9.02. The number of piperazine rings is 1. The van der Waals surface area contributed by atoms with Gasteiger partial charge in [-0.2, -0.15) is 5.10 Å². The first-order chi connectivity index (χ1) is 15.1. The number of H-pyrrole nitrogens is 1. The molecule has 3 aromatic rings. The van der Waals surface area contributed by atoms with Crippen molar-refractivity contribution in [3.63, 3.8) is 0 Å². The molecule has 9 heteroatoms. The van der Waals surface area contributed by atoms with Gasteiger partial charge in [-0.05, 0) is 18.1 Å². The lowest BCUT2D eigenvalue weighted by atomic mass is 10.0. The largest absolute Gasteiger partial charge is 0.496 e. The van der Waals surface area contributed by atoms with E-state index in [1.54, 1.807) is 7.11 Å². The van der Waals surface area contributed by atoms with E-state index >= 15 is 0 Å². The van der Waals surface area contributed by atoms with E-state index in [4.69, 9.17) is 11.3 Å². The van der Waals surface area contributed by atoms with Gasteiger partial charge in [0.2, 0.25) is 0 Å². The zero-order valence-corrected chi connectivity index (χ0v) is 17.9. The number of aromatic amines is 1. The van der Waals surface area contributed by atoms with Crippen LogP contribution in [0.5, 0.6) is 5.75 Å². The topological polar surface area (TPSA) is 95.3 Å². The number of nitrogens with one attached hydrogen (secondary N) is 3. The lowest BCUT2D eigenvalue weighted by Gasteiger charge is -2.37. The number of aromatic nitrogens is 4. The van der Waals surface area contributed by atoms with Crippen LogP contribution in [0.1, 0.15) is 13.8 Å². The standard InChI is InChI=1S/C22H26N8O/c1-14(2)18-13-30(8-7-24-18)15-5-6-16(19(9-15)31-4)17-10-20(29-28-17)27-22-12-25-21(23-3)11-26-22/h5-6,9-12,14,18,24H,7-8,13H2,1-2,4H3,(H2,26,27,28,29)/t18-/m0/s1. The summed E-state index contributed by atoms with van der Waals surface area (Å²) in [4.78, 5) is 13.8. The summed E-state index contributed by atoms with van der Waals surface area (Å²) in [5.74, 6) is 2.75. The molecule has 1 fully saturated rings. The Morgan fingerprint density at radius 3 is 2.81 bits per heavy atom. The first-order valence-corrected chi connectivity index (χ1v) is 10.3. The highest BCUT2D eigenvalue weighted by Crippen LogP contribution is 2.34. The van der Waals surface area contributed by atoms with Crippen molar-refractivity contribution in [3.8, 4) is 17.0 Å². The summed E-state index contributed by atoms with van der Waals surface area (Å²) in [6.45, 7) is 14.4. The monoisotopic (exact) mass is 418 g/mol. The van der Waals surface area contributed by atoms with E-state index in [0.717, 1.165) is 42.3 Å². The third kappa shape index (κ3) is 4.59. The van der Waals surface area contributed by atoms with Crippen LogP contribution in [0.3, 0.4) is 0 Å². The number of anilines is 3. The van der Waals surface area contributed by atoms with Gasteiger partial charge in [0.25, 0.3) is 5.82 Å². The van der Waals surface area contributed by atoms with E-state index in [0.29, 0.717) is 23.6 Å². The molecule has 0 spiro atoms. The summed E-state index contributed by atoms with van der Waals surface area (Å²) in [6, 6.07) is 8.64. The molecule has 1 aliphatic heterocycles. The molecule has 0 radical (unpaired) electrons. The Balaban J connectivity index is 1.52. The molecular formula is C22H26N8O. The normalized spacial score (nSPS) is 16.2. The molecule has 1 saturated heterocycles. The Morgan fingerprint density at radius 2 is 2.10 bits per heavy atom. The average molecular weight is 419 g/mol. The van der Waals surface area contributed by atoms with Gasteiger partial charge in [-0.15, -0.1) is 4.98 Å². The second-order valence-corrected chi connectivity index (χ2v) is 7.80. The number of ether oxygens (including phenoxy) is 1. The van der Waals surface area contributed by atoms with Crippen LogP contribution in [0, 0.1) is 12.5 Å². The molecule has 0 bridgehead atoms. The summed E-state index contributed by atoms with van der Waals surface area (Å²) in [5.41, 5.74) is 2.91. The van der Waals surface area contributed by atoms with E-state index in [2.05, 4.69) is 72.6 Å². The Bertz CT molecular complexity index is 1070. The van der Waals surface area contributed by atoms with Crippen LogP contribution >= 0.6 is 0 Å². The van der Waals surface area contributed by atoms with Crippen molar-refractivity contribution in [1.82, 2.24) is 25.5 Å². The molecular weight excluding hydrogens is 392 g/mol. The molecule has 3 heterocycles. The number of rotatable bonds is 6. The van der Waals surface area contributed by atoms with Crippen LogP contribution in [-0.4, -0.2) is 53.0 Å². The predicted molar refractivity (Wildman–Crippen MR) is 121 cm³/mol. The summed E-state index contributed by atoms with van der Waals surface area (Å²) >= 11 is 0. The van der Waals surface area contributed by atoms with Crippen molar-refractivity contribution in [2.75, 3.05) is 37.0 Å². The number of nitrogens with zero attached hydrogens (tertiary/aromatic N) is 5. The minimum atomic E-state index is 0.252. The Hall–Kier alpha value is -3.64. The van der Waals surface area contributed by atoms with Gasteiger partial charge in [0.1, 0.15) is 5.75 Å². The Kier molecular flexibility index (Phi) is 6.00. The molecule has 3 N–H and O–H groups in total. The van der Waals surface area contributed by atoms with Gasteiger partial charge >= 0.3 is 0 Å². The first-order valence-electron chi connectivity index (χ1n) is 10.3. The van der Waals surface area contributed by atoms with Crippen LogP contribution in [0.25, 0.3) is 16.1 Å². The van der Waals surface area contributed by atoms with Crippen molar-refractivity contribution in [2.24, 2.45) is 5.92 Å². The van der Waals surface area contributed by atoms with Crippen molar-refractivity contribution >= 4 is 23.1 Å². The van der Waals surface area contributed by atoms with Gasteiger partial charge in [-0.1, -0.05) is 20.4 Å². The molecule has 1 atom stereocenters. The van der Waals surface area contributed by atoms with E-state index in [-0.39, 0.29) is 5.82 Å². The predicted octanol–water partition coefficient (Wildman–Crippen LogP) is 3.60.